The molecule has 8 nitrogen and oxygen atoms in total. The molecule has 0 heterocycles. The fourth-order valence-corrected chi connectivity index (χ4v) is 3.08. The van der Waals surface area contributed by atoms with Crippen LogP contribution < -0.4 is 29.6 Å². The van der Waals surface area contributed by atoms with Gasteiger partial charge in [0.05, 0.1) is 34.5 Å². The molecule has 0 aliphatic carbocycles. The third kappa shape index (κ3) is 5.70. The molecule has 0 radical (unpaired) electrons. The second-order valence-electron chi connectivity index (χ2n) is 6.74. The number of methoxy groups -OCH3 is 4. The largest absolute Gasteiger partial charge is 0.493 e. The standard InChI is InChI=1S/C22H32N4O4/c1-23-22(25-16-9-11-19(28-5)21(13-16)30-7)24-14-17(26(2)3)15-8-10-18(27-4)20(12-15)29-6/h8-13,17H,14H2,1-7H3,(H2,23,24,25). The van der Waals surface area contributed by atoms with Gasteiger partial charge in [0.1, 0.15) is 0 Å². The first-order chi connectivity index (χ1) is 14.5. The first-order valence-corrected chi connectivity index (χ1v) is 9.55. The van der Waals surface area contributed by atoms with Crippen molar-refractivity contribution in [2.45, 2.75) is 6.04 Å². The molecule has 30 heavy (non-hydrogen) atoms. The first-order valence-electron chi connectivity index (χ1n) is 9.55. The second kappa shape index (κ2) is 11.2. The maximum atomic E-state index is 5.45. The summed E-state index contributed by atoms with van der Waals surface area (Å²) in [5.74, 6) is 3.38. The van der Waals surface area contributed by atoms with E-state index >= 15 is 0 Å². The van der Waals surface area contributed by atoms with E-state index in [1.807, 2.05) is 50.5 Å². The molecule has 1 unspecified atom stereocenters. The first kappa shape index (κ1) is 23.2. The Morgan fingerprint density at radius 2 is 1.43 bits per heavy atom. The molecule has 8 heteroatoms. The van der Waals surface area contributed by atoms with E-state index in [0.717, 1.165) is 11.3 Å². The summed E-state index contributed by atoms with van der Waals surface area (Å²) >= 11 is 0. The van der Waals surface area contributed by atoms with Gasteiger partial charge in [-0.3, -0.25) is 4.99 Å². The summed E-state index contributed by atoms with van der Waals surface area (Å²) in [6.07, 6.45) is 0. The lowest BCUT2D eigenvalue weighted by Gasteiger charge is -2.26. The molecule has 0 aromatic heterocycles. The third-order valence-corrected chi connectivity index (χ3v) is 4.75. The highest BCUT2D eigenvalue weighted by molar-refractivity contribution is 5.93. The Labute approximate surface area is 178 Å². The number of anilines is 1. The van der Waals surface area contributed by atoms with Gasteiger partial charge < -0.3 is 34.5 Å². The zero-order valence-electron chi connectivity index (χ0n) is 18.8. The molecule has 2 aromatic carbocycles. The van der Waals surface area contributed by atoms with E-state index in [1.54, 1.807) is 35.5 Å². The highest BCUT2D eigenvalue weighted by Gasteiger charge is 2.17. The Kier molecular flexibility index (Phi) is 8.61. The minimum Gasteiger partial charge on any atom is -0.493 e. The van der Waals surface area contributed by atoms with Crippen LogP contribution in [-0.2, 0) is 0 Å². The van der Waals surface area contributed by atoms with Gasteiger partial charge in [-0.1, -0.05) is 6.07 Å². The molecule has 0 aliphatic heterocycles. The van der Waals surface area contributed by atoms with Gasteiger partial charge in [-0.15, -0.1) is 0 Å². The van der Waals surface area contributed by atoms with Crippen molar-refractivity contribution < 1.29 is 18.9 Å². The van der Waals surface area contributed by atoms with Gasteiger partial charge in [-0.25, -0.2) is 0 Å². The van der Waals surface area contributed by atoms with E-state index in [-0.39, 0.29) is 6.04 Å². The van der Waals surface area contributed by atoms with Crippen LogP contribution in [0.25, 0.3) is 0 Å². The summed E-state index contributed by atoms with van der Waals surface area (Å²) in [5.41, 5.74) is 1.94. The van der Waals surface area contributed by atoms with E-state index in [1.165, 1.54) is 0 Å². The number of hydrogen-bond acceptors (Lipinski definition) is 6. The molecule has 0 saturated heterocycles. The van der Waals surface area contributed by atoms with Crippen molar-refractivity contribution in [1.29, 1.82) is 0 Å². The smallest absolute Gasteiger partial charge is 0.195 e. The van der Waals surface area contributed by atoms with Crippen LogP contribution in [0.1, 0.15) is 11.6 Å². The van der Waals surface area contributed by atoms with Gasteiger partial charge in [-0.05, 0) is 43.9 Å². The molecule has 2 aromatic rings. The van der Waals surface area contributed by atoms with E-state index < -0.39 is 0 Å². The van der Waals surface area contributed by atoms with Gasteiger partial charge in [0, 0.05) is 25.3 Å². The normalized spacial score (nSPS) is 12.3. The summed E-state index contributed by atoms with van der Waals surface area (Å²) in [7, 11) is 12.3. The number of nitrogens with zero attached hydrogens (tertiary/aromatic N) is 2. The lowest BCUT2D eigenvalue weighted by Crippen LogP contribution is -2.38. The van der Waals surface area contributed by atoms with Crippen LogP contribution in [0, 0.1) is 0 Å². The highest BCUT2D eigenvalue weighted by Crippen LogP contribution is 2.31. The molecule has 0 saturated carbocycles. The van der Waals surface area contributed by atoms with Crippen LogP contribution in [-0.4, -0.2) is 67.0 Å². The predicted octanol–water partition coefficient (Wildman–Crippen LogP) is 3.01. The van der Waals surface area contributed by atoms with Crippen molar-refractivity contribution in [2.75, 3.05) is 61.4 Å². The number of likely N-dealkylation sites (N-methyl/N-ethyl adjacent to an activating group) is 1. The van der Waals surface area contributed by atoms with E-state index in [9.17, 15) is 0 Å². The van der Waals surface area contributed by atoms with Crippen LogP contribution in [0.4, 0.5) is 5.69 Å². The molecule has 2 N–H and O–H groups in total. The second-order valence-corrected chi connectivity index (χ2v) is 6.74. The SMILES string of the molecule is CN=C(NCC(c1ccc(OC)c(OC)c1)N(C)C)Nc1ccc(OC)c(OC)c1. The van der Waals surface area contributed by atoms with Crippen molar-refractivity contribution in [2.24, 2.45) is 4.99 Å². The molecule has 1 atom stereocenters. The van der Waals surface area contributed by atoms with Gasteiger partial charge in [0.2, 0.25) is 0 Å². The number of benzene rings is 2. The van der Waals surface area contributed by atoms with E-state index in [2.05, 4.69) is 20.5 Å². The fourth-order valence-electron chi connectivity index (χ4n) is 3.08. The average molecular weight is 417 g/mol. The summed E-state index contributed by atoms with van der Waals surface area (Å²) in [5, 5.41) is 6.66. The Morgan fingerprint density at radius 3 is 1.97 bits per heavy atom. The molecule has 0 spiro atoms. The lowest BCUT2D eigenvalue weighted by molar-refractivity contribution is 0.296. The Bertz CT molecular complexity index is 855. The number of rotatable bonds is 9. The van der Waals surface area contributed by atoms with Crippen LogP contribution in [0.3, 0.4) is 0 Å². The number of ether oxygens (including phenoxy) is 4. The highest BCUT2D eigenvalue weighted by atomic mass is 16.5. The van der Waals surface area contributed by atoms with Crippen molar-refractivity contribution in [3.05, 3.63) is 42.0 Å². The zero-order chi connectivity index (χ0) is 22.1. The molecule has 0 bridgehead atoms. The van der Waals surface area contributed by atoms with Crippen molar-refractivity contribution >= 4 is 11.6 Å². The van der Waals surface area contributed by atoms with Crippen LogP contribution >= 0.6 is 0 Å². The van der Waals surface area contributed by atoms with Crippen LogP contribution in [0.2, 0.25) is 0 Å². The van der Waals surface area contributed by atoms with Gasteiger partial charge in [0.25, 0.3) is 0 Å². The number of guanidine groups is 1. The molecule has 2 rings (SSSR count). The monoisotopic (exact) mass is 416 g/mol. The molecule has 0 amide bonds. The van der Waals surface area contributed by atoms with Gasteiger partial charge in [-0.2, -0.15) is 0 Å². The number of aliphatic imine (C=N–C) groups is 1. The zero-order valence-corrected chi connectivity index (χ0v) is 18.8. The molecular formula is C22H32N4O4. The summed E-state index contributed by atoms with van der Waals surface area (Å²) in [6, 6.07) is 11.7. The summed E-state index contributed by atoms with van der Waals surface area (Å²) in [4.78, 5) is 6.46. The minimum atomic E-state index is 0.0914. The third-order valence-electron chi connectivity index (χ3n) is 4.75. The Morgan fingerprint density at radius 1 is 0.867 bits per heavy atom. The topological polar surface area (TPSA) is 76.6 Å². The maximum absolute atomic E-state index is 5.45. The Balaban J connectivity index is 2.13. The predicted molar refractivity (Wildman–Crippen MR) is 121 cm³/mol. The minimum absolute atomic E-state index is 0.0914. The molecule has 0 fully saturated rings. The van der Waals surface area contributed by atoms with Gasteiger partial charge in [0.15, 0.2) is 29.0 Å². The fraction of sp³-hybridized carbons (Fsp3) is 0.409. The van der Waals surface area contributed by atoms with Crippen LogP contribution in [0.15, 0.2) is 41.4 Å². The lowest BCUT2D eigenvalue weighted by atomic mass is 10.1. The van der Waals surface area contributed by atoms with E-state index in [0.29, 0.717) is 35.5 Å². The summed E-state index contributed by atoms with van der Waals surface area (Å²) in [6.45, 7) is 0.634. The quantitative estimate of drug-likeness (QED) is 0.481. The van der Waals surface area contributed by atoms with Gasteiger partial charge >= 0.3 is 0 Å². The van der Waals surface area contributed by atoms with Crippen molar-refractivity contribution in [1.82, 2.24) is 10.2 Å². The molecule has 0 aliphatic rings. The van der Waals surface area contributed by atoms with Crippen LogP contribution in [0.5, 0.6) is 23.0 Å². The average Bonchev–Trinajstić information content (AvgIpc) is 2.77. The molecular weight excluding hydrogens is 384 g/mol. The number of nitrogens with one attached hydrogen (secondary N) is 2. The molecule has 164 valence electrons. The Hall–Kier alpha value is -3.13. The van der Waals surface area contributed by atoms with Crippen molar-refractivity contribution in [3.63, 3.8) is 0 Å². The van der Waals surface area contributed by atoms with E-state index in [4.69, 9.17) is 18.9 Å². The number of hydrogen-bond donors (Lipinski definition) is 2. The maximum Gasteiger partial charge on any atom is 0.195 e. The summed E-state index contributed by atoms with van der Waals surface area (Å²) < 4.78 is 21.5. The van der Waals surface area contributed by atoms with Crippen molar-refractivity contribution in [3.8, 4) is 23.0 Å².